The van der Waals surface area contributed by atoms with E-state index in [1.54, 1.807) is 6.07 Å². The predicted molar refractivity (Wildman–Crippen MR) is 89.3 cm³/mol. The SMILES string of the molecule is CCCOCCCNC(=O)c1sc2cccc(Cl)c2c1N. The summed E-state index contributed by atoms with van der Waals surface area (Å²) in [7, 11) is 0. The topological polar surface area (TPSA) is 64.3 Å². The molecule has 0 spiro atoms. The smallest absolute Gasteiger partial charge is 0.263 e. The monoisotopic (exact) mass is 326 g/mol. The zero-order chi connectivity index (χ0) is 15.2. The van der Waals surface area contributed by atoms with Crippen molar-refractivity contribution in [3.63, 3.8) is 0 Å². The molecule has 0 aliphatic carbocycles. The van der Waals surface area contributed by atoms with Gasteiger partial charge < -0.3 is 15.8 Å². The Kier molecular flexibility index (Phi) is 5.85. The van der Waals surface area contributed by atoms with E-state index in [2.05, 4.69) is 12.2 Å². The Labute approximate surface area is 133 Å². The summed E-state index contributed by atoms with van der Waals surface area (Å²) in [6.07, 6.45) is 1.79. The summed E-state index contributed by atoms with van der Waals surface area (Å²) in [6.45, 7) is 4.05. The van der Waals surface area contributed by atoms with Gasteiger partial charge in [-0.05, 0) is 25.0 Å². The fourth-order valence-electron chi connectivity index (χ4n) is 2.00. The van der Waals surface area contributed by atoms with Crippen LogP contribution in [0, 0.1) is 0 Å². The quantitative estimate of drug-likeness (QED) is 0.763. The van der Waals surface area contributed by atoms with Gasteiger partial charge in [0.05, 0.1) is 10.7 Å². The van der Waals surface area contributed by atoms with E-state index in [0.717, 1.165) is 29.5 Å². The fourth-order valence-corrected chi connectivity index (χ4v) is 3.40. The second-order valence-electron chi connectivity index (χ2n) is 4.68. The van der Waals surface area contributed by atoms with Gasteiger partial charge in [-0.15, -0.1) is 11.3 Å². The van der Waals surface area contributed by atoms with Gasteiger partial charge in [0.2, 0.25) is 0 Å². The van der Waals surface area contributed by atoms with Crippen LogP contribution in [0.15, 0.2) is 18.2 Å². The predicted octanol–water partition coefficient (Wildman–Crippen LogP) is 3.68. The van der Waals surface area contributed by atoms with E-state index < -0.39 is 0 Å². The van der Waals surface area contributed by atoms with Crippen molar-refractivity contribution in [1.29, 1.82) is 0 Å². The van der Waals surface area contributed by atoms with Crippen LogP contribution in [0.4, 0.5) is 5.69 Å². The van der Waals surface area contributed by atoms with E-state index >= 15 is 0 Å². The van der Waals surface area contributed by atoms with Crippen molar-refractivity contribution in [2.45, 2.75) is 19.8 Å². The number of hydrogen-bond donors (Lipinski definition) is 2. The second-order valence-corrected chi connectivity index (χ2v) is 6.14. The molecule has 1 aromatic heterocycles. The molecule has 0 radical (unpaired) electrons. The number of fused-ring (bicyclic) bond motifs is 1. The molecule has 21 heavy (non-hydrogen) atoms. The lowest BCUT2D eigenvalue weighted by Crippen LogP contribution is -2.25. The molecule has 2 rings (SSSR count). The van der Waals surface area contributed by atoms with Crippen LogP contribution in [0.3, 0.4) is 0 Å². The average molecular weight is 327 g/mol. The Morgan fingerprint density at radius 3 is 2.95 bits per heavy atom. The van der Waals surface area contributed by atoms with Crippen LogP contribution in [0.5, 0.6) is 0 Å². The largest absolute Gasteiger partial charge is 0.397 e. The molecular formula is C15H19ClN2O2S. The van der Waals surface area contributed by atoms with Crippen molar-refractivity contribution < 1.29 is 9.53 Å². The molecule has 3 N–H and O–H groups in total. The van der Waals surface area contributed by atoms with Crippen LogP contribution in [-0.2, 0) is 4.74 Å². The molecule has 0 aliphatic rings. The Morgan fingerprint density at radius 1 is 1.43 bits per heavy atom. The van der Waals surface area contributed by atoms with Gasteiger partial charge in [0.1, 0.15) is 4.88 Å². The summed E-state index contributed by atoms with van der Waals surface area (Å²) in [4.78, 5) is 12.7. The number of nitrogens with two attached hydrogens (primary N) is 1. The minimum Gasteiger partial charge on any atom is -0.397 e. The summed E-state index contributed by atoms with van der Waals surface area (Å²) in [5.74, 6) is -0.153. The van der Waals surface area contributed by atoms with Gasteiger partial charge in [0, 0.05) is 29.8 Å². The first-order valence-electron chi connectivity index (χ1n) is 6.97. The number of carbonyl (C=O) groups is 1. The van der Waals surface area contributed by atoms with Gasteiger partial charge in [0.15, 0.2) is 0 Å². The van der Waals surface area contributed by atoms with Gasteiger partial charge in [-0.3, -0.25) is 4.79 Å². The highest BCUT2D eigenvalue weighted by Crippen LogP contribution is 2.37. The molecule has 114 valence electrons. The molecule has 1 heterocycles. The highest BCUT2D eigenvalue weighted by Gasteiger charge is 2.17. The first kappa shape index (κ1) is 16.1. The third kappa shape index (κ3) is 3.87. The van der Waals surface area contributed by atoms with E-state index in [1.165, 1.54) is 11.3 Å². The summed E-state index contributed by atoms with van der Waals surface area (Å²) >= 11 is 7.50. The summed E-state index contributed by atoms with van der Waals surface area (Å²) < 4.78 is 6.29. The zero-order valence-corrected chi connectivity index (χ0v) is 13.5. The molecule has 0 fully saturated rings. The van der Waals surface area contributed by atoms with Crippen molar-refractivity contribution in [2.75, 3.05) is 25.5 Å². The van der Waals surface area contributed by atoms with E-state index in [1.807, 2.05) is 12.1 Å². The Balaban J connectivity index is 1.97. The van der Waals surface area contributed by atoms with Crippen LogP contribution < -0.4 is 11.1 Å². The number of nitrogens with one attached hydrogen (secondary N) is 1. The molecule has 0 atom stereocenters. The summed E-state index contributed by atoms with van der Waals surface area (Å²) in [6, 6.07) is 5.55. The van der Waals surface area contributed by atoms with Crippen molar-refractivity contribution in [3.05, 3.63) is 28.1 Å². The number of rotatable bonds is 7. The number of amides is 1. The molecule has 0 saturated carbocycles. The molecular weight excluding hydrogens is 308 g/mol. The zero-order valence-electron chi connectivity index (χ0n) is 11.9. The molecule has 2 aromatic rings. The van der Waals surface area contributed by atoms with Crippen molar-refractivity contribution in [2.24, 2.45) is 0 Å². The van der Waals surface area contributed by atoms with Crippen LogP contribution >= 0.6 is 22.9 Å². The van der Waals surface area contributed by atoms with Crippen molar-refractivity contribution in [3.8, 4) is 0 Å². The lowest BCUT2D eigenvalue weighted by atomic mass is 10.2. The first-order chi connectivity index (χ1) is 10.1. The van der Waals surface area contributed by atoms with Gasteiger partial charge in [0.25, 0.3) is 5.91 Å². The van der Waals surface area contributed by atoms with Crippen LogP contribution in [0.2, 0.25) is 5.02 Å². The highest BCUT2D eigenvalue weighted by molar-refractivity contribution is 7.21. The Morgan fingerprint density at radius 2 is 2.24 bits per heavy atom. The number of thiophene rings is 1. The summed E-state index contributed by atoms with van der Waals surface area (Å²) in [5.41, 5.74) is 6.51. The van der Waals surface area contributed by atoms with E-state index in [0.29, 0.717) is 28.7 Å². The normalized spacial score (nSPS) is 11.0. The average Bonchev–Trinajstić information content (AvgIpc) is 2.81. The number of benzene rings is 1. The third-order valence-corrected chi connectivity index (χ3v) is 4.49. The Bertz CT molecular complexity index is 627. The van der Waals surface area contributed by atoms with Crippen LogP contribution in [0.25, 0.3) is 10.1 Å². The molecule has 0 saturated heterocycles. The Hall–Kier alpha value is -1.30. The molecule has 4 nitrogen and oxygen atoms in total. The van der Waals surface area contributed by atoms with Crippen LogP contribution in [0.1, 0.15) is 29.4 Å². The lowest BCUT2D eigenvalue weighted by molar-refractivity contribution is 0.0946. The molecule has 1 aromatic carbocycles. The summed E-state index contributed by atoms with van der Waals surface area (Å²) in [5, 5.41) is 4.21. The minimum atomic E-state index is -0.153. The third-order valence-electron chi connectivity index (χ3n) is 3.01. The molecule has 1 amide bonds. The number of ether oxygens (including phenoxy) is 1. The maximum atomic E-state index is 12.2. The van der Waals surface area contributed by atoms with Crippen molar-refractivity contribution in [1.82, 2.24) is 5.32 Å². The lowest BCUT2D eigenvalue weighted by Gasteiger charge is -2.05. The van der Waals surface area contributed by atoms with E-state index in [-0.39, 0.29) is 5.91 Å². The van der Waals surface area contributed by atoms with Gasteiger partial charge in [-0.2, -0.15) is 0 Å². The highest BCUT2D eigenvalue weighted by atomic mass is 35.5. The number of nitrogen functional groups attached to an aromatic ring is 1. The number of halogens is 1. The van der Waals surface area contributed by atoms with E-state index in [9.17, 15) is 4.79 Å². The maximum absolute atomic E-state index is 12.2. The number of hydrogen-bond acceptors (Lipinski definition) is 4. The first-order valence-corrected chi connectivity index (χ1v) is 8.17. The molecule has 6 heteroatoms. The number of carbonyl (C=O) groups excluding carboxylic acids is 1. The van der Waals surface area contributed by atoms with Gasteiger partial charge in [-0.25, -0.2) is 0 Å². The maximum Gasteiger partial charge on any atom is 0.263 e. The van der Waals surface area contributed by atoms with E-state index in [4.69, 9.17) is 22.1 Å². The molecule has 0 unspecified atom stereocenters. The number of anilines is 1. The minimum absolute atomic E-state index is 0.153. The van der Waals surface area contributed by atoms with Gasteiger partial charge >= 0.3 is 0 Å². The second kappa shape index (κ2) is 7.64. The molecule has 0 aliphatic heterocycles. The van der Waals surface area contributed by atoms with Crippen LogP contribution in [-0.4, -0.2) is 25.7 Å². The van der Waals surface area contributed by atoms with Crippen molar-refractivity contribution >= 4 is 44.6 Å². The molecule has 0 bridgehead atoms. The fraction of sp³-hybridized carbons (Fsp3) is 0.400. The standard InChI is InChI=1S/C15H19ClN2O2S/c1-2-8-20-9-4-7-18-15(19)14-13(17)12-10(16)5-3-6-11(12)21-14/h3,5-6H,2,4,7-9,17H2,1H3,(H,18,19). The van der Waals surface area contributed by atoms with Gasteiger partial charge in [-0.1, -0.05) is 24.6 Å².